The van der Waals surface area contributed by atoms with Crippen molar-refractivity contribution in [3.63, 3.8) is 0 Å². The second-order valence-electron chi connectivity index (χ2n) is 10.3. The molecule has 4 nitrogen and oxygen atoms in total. The van der Waals surface area contributed by atoms with Crippen LogP contribution in [0, 0.1) is 35.5 Å². The lowest BCUT2D eigenvalue weighted by Crippen LogP contribution is -2.64. The van der Waals surface area contributed by atoms with Crippen molar-refractivity contribution in [2.24, 2.45) is 35.5 Å². The van der Waals surface area contributed by atoms with Crippen LogP contribution in [0.15, 0.2) is 0 Å². The number of carbonyl (C=O) groups excluding carboxylic acids is 2. The van der Waals surface area contributed by atoms with Crippen LogP contribution in [0.5, 0.6) is 0 Å². The summed E-state index contributed by atoms with van der Waals surface area (Å²) in [5, 5.41) is 3.32. The van der Waals surface area contributed by atoms with Crippen LogP contribution in [0.3, 0.4) is 0 Å². The molecule has 1 aliphatic heterocycles. The Hall–Kier alpha value is -1.06. The molecule has 5 aliphatic rings. The molecule has 0 radical (unpaired) electrons. The van der Waals surface area contributed by atoms with Gasteiger partial charge in [-0.1, -0.05) is 25.7 Å². The van der Waals surface area contributed by atoms with Crippen LogP contribution in [-0.2, 0) is 9.59 Å². The first kappa shape index (κ1) is 18.0. The normalized spacial score (nSPS) is 27.6. The van der Waals surface area contributed by atoms with Crippen LogP contribution in [0.25, 0.3) is 0 Å². The van der Waals surface area contributed by atoms with Gasteiger partial charge >= 0.3 is 0 Å². The van der Waals surface area contributed by atoms with Crippen LogP contribution in [-0.4, -0.2) is 35.8 Å². The van der Waals surface area contributed by atoms with E-state index in [4.69, 9.17) is 0 Å². The summed E-state index contributed by atoms with van der Waals surface area (Å²) in [6, 6.07) is 0.201. The van der Waals surface area contributed by atoms with Gasteiger partial charge in [0.25, 0.3) is 0 Å². The molecule has 4 saturated carbocycles. The van der Waals surface area contributed by atoms with Gasteiger partial charge in [0.2, 0.25) is 11.8 Å². The fraction of sp³-hybridized carbons (Fsp3) is 0.913. The summed E-state index contributed by atoms with van der Waals surface area (Å²) in [5.41, 5.74) is 0. The summed E-state index contributed by atoms with van der Waals surface area (Å²) in [6.45, 7) is 1.51. The second-order valence-corrected chi connectivity index (χ2v) is 10.3. The van der Waals surface area contributed by atoms with Crippen LogP contribution in [0.2, 0.25) is 0 Å². The highest BCUT2D eigenvalue weighted by molar-refractivity contribution is 5.82. The van der Waals surface area contributed by atoms with Gasteiger partial charge in [-0.25, -0.2) is 0 Å². The summed E-state index contributed by atoms with van der Waals surface area (Å²) in [5.74, 6) is 3.83. The minimum absolute atomic E-state index is 0.201. The average molecular weight is 373 g/mol. The van der Waals surface area contributed by atoms with Crippen molar-refractivity contribution in [3.05, 3.63) is 0 Å². The summed E-state index contributed by atoms with van der Waals surface area (Å²) in [7, 11) is 0. The molecule has 4 aliphatic carbocycles. The summed E-state index contributed by atoms with van der Waals surface area (Å²) in [4.78, 5) is 28.1. The van der Waals surface area contributed by atoms with Crippen molar-refractivity contribution in [3.8, 4) is 0 Å². The Balaban J connectivity index is 1.13. The van der Waals surface area contributed by atoms with E-state index >= 15 is 0 Å². The van der Waals surface area contributed by atoms with Crippen LogP contribution in [0.1, 0.15) is 77.0 Å². The second kappa shape index (κ2) is 7.40. The highest BCUT2D eigenvalue weighted by atomic mass is 16.2. The molecule has 0 aromatic carbocycles. The van der Waals surface area contributed by atoms with E-state index in [1.807, 2.05) is 4.90 Å². The molecule has 27 heavy (non-hydrogen) atoms. The molecule has 1 N–H and O–H groups in total. The molecule has 0 aromatic heterocycles. The topological polar surface area (TPSA) is 49.4 Å². The fourth-order valence-electron chi connectivity index (χ4n) is 6.06. The van der Waals surface area contributed by atoms with Gasteiger partial charge in [-0.15, -0.1) is 0 Å². The molecule has 1 saturated heterocycles. The van der Waals surface area contributed by atoms with Gasteiger partial charge in [0, 0.05) is 24.9 Å². The molecule has 5 rings (SSSR count). The Labute approximate surface area is 163 Å². The molecule has 0 bridgehead atoms. The monoisotopic (exact) mass is 372 g/mol. The van der Waals surface area contributed by atoms with Crippen LogP contribution < -0.4 is 5.32 Å². The van der Waals surface area contributed by atoms with Gasteiger partial charge in [0.05, 0.1) is 6.04 Å². The zero-order chi connectivity index (χ0) is 18.4. The summed E-state index contributed by atoms with van der Waals surface area (Å²) < 4.78 is 0. The largest absolute Gasteiger partial charge is 0.350 e. The van der Waals surface area contributed by atoms with Crippen LogP contribution >= 0.6 is 0 Å². The fourth-order valence-corrected chi connectivity index (χ4v) is 6.06. The molecule has 0 aromatic rings. The van der Waals surface area contributed by atoms with Crippen LogP contribution in [0.4, 0.5) is 0 Å². The molecular weight excluding hydrogens is 336 g/mol. The SMILES string of the molecule is O=C(NC1CN(C(=O)C(C2CCC2)C2CCC2)C1)C(C1CCC1)C1CCC1. The maximum absolute atomic E-state index is 13.1. The Kier molecular flexibility index (Phi) is 4.94. The molecule has 2 amide bonds. The maximum Gasteiger partial charge on any atom is 0.226 e. The molecule has 150 valence electrons. The van der Waals surface area contributed by atoms with E-state index in [1.54, 1.807) is 0 Å². The molecule has 4 heteroatoms. The first-order valence-electron chi connectivity index (χ1n) is 11.8. The number of nitrogens with one attached hydrogen (secondary N) is 1. The first-order chi connectivity index (χ1) is 13.2. The van der Waals surface area contributed by atoms with Gasteiger partial charge < -0.3 is 10.2 Å². The maximum atomic E-state index is 13.1. The van der Waals surface area contributed by atoms with E-state index in [-0.39, 0.29) is 12.0 Å². The highest BCUT2D eigenvalue weighted by Crippen LogP contribution is 2.46. The summed E-state index contributed by atoms with van der Waals surface area (Å²) >= 11 is 0. The van der Waals surface area contributed by atoms with Crippen molar-refractivity contribution < 1.29 is 9.59 Å². The molecule has 5 fully saturated rings. The van der Waals surface area contributed by atoms with Crippen molar-refractivity contribution in [2.45, 2.75) is 83.1 Å². The molecule has 1 heterocycles. The Morgan fingerprint density at radius 2 is 1.07 bits per heavy atom. The minimum Gasteiger partial charge on any atom is -0.350 e. The smallest absolute Gasteiger partial charge is 0.226 e. The number of nitrogens with zero attached hydrogens (tertiary/aromatic N) is 1. The predicted molar refractivity (Wildman–Crippen MR) is 105 cm³/mol. The van der Waals surface area contributed by atoms with Gasteiger partial charge in [0.15, 0.2) is 0 Å². The molecule has 0 unspecified atom stereocenters. The number of likely N-dealkylation sites (tertiary alicyclic amines) is 1. The van der Waals surface area contributed by atoms with E-state index in [2.05, 4.69) is 5.32 Å². The van der Waals surface area contributed by atoms with E-state index in [1.165, 1.54) is 77.0 Å². The van der Waals surface area contributed by atoms with Crippen molar-refractivity contribution in [1.29, 1.82) is 0 Å². The third kappa shape index (κ3) is 3.31. The van der Waals surface area contributed by atoms with E-state index in [9.17, 15) is 9.59 Å². The zero-order valence-corrected chi connectivity index (χ0v) is 16.7. The number of carbonyl (C=O) groups is 2. The molecule has 0 atom stereocenters. The first-order valence-corrected chi connectivity index (χ1v) is 11.8. The Morgan fingerprint density at radius 1 is 0.667 bits per heavy atom. The van der Waals surface area contributed by atoms with E-state index in [0.29, 0.717) is 41.4 Å². The number of rotatable bonds is 7. The average Bonchev–Trinajstić information content (AvgIpc) is 2.41. The van der Waals surface area contributed by atoms with Gasteiger partial charge in [-0.05, 0) is 75.0 Å². The highest BCUT2D eigenvalue weighted by Gasteiger charge is 2.46. The third-order valence-electron chi connectivity index (χ3n) is 8.76. The van der Waals surface area contributed by atoms with Crippen molar-refractivity contribution in [2.75, 3.05) is 13.1 Å². The number of amides is 2. The standard InChI is InChI=1S/C23H36N2O2/c26-22(20(15-5-1-6-15)16-7-2-8-16)24-19-13-25(14-19)23(27)21(17-9-3-10-17)18-11-4-12-18/h15-21H,1-14H2,(H,24,26). The van der Waals surface area contributed by atoms with Gasteiger partial charge in [-0.2, -0.15) is 0 Å². The lowest BCUT2D eigenvalue weighted by atomic mass is 9.64. The van der Waals surface area contributed by atoms with Crippen molar-refractivity contribution >= 4 is 11.8 Å². The summed E-state index contributed by atoms with van der Waals surface area (Å²) in [6.07, 6.45) is 15.2. The lowest BCUT2D eigenvalue weighted by molar-refractivity contribution is -0.150. The third-order valence-corrected chi connectivity index (χ3v) is 8.76. The predicted octanol–water partition coefficient (Wildman–Crippen LogP) is 3.75. The Bertz CT molecular complexity index is 541. The zero-order valence-electron chi connectivity index (χ0n) is 16.7. The number of hydrogen-bond donors (Lipinski definition) is 1. The number of hydrogen-bond acceptors (Lipinski definition) is 2. The molecular formula is C23H36N2O2. The van der Waals surface area contributed by atoms with E-state index in [0.717, 1.165) is 13.1 Å². The lowest BCUT2D eigenvalue weighted by Gasteiger charge is -2.48. The van der Waals surface area contributed by atoms with Gasteiger partial charge in [0.1, 0.15) is 0 Å². The quantitative estimate of drug-likeness (QED) is 0.740. The molecule has 0 spiro atoms. The minimum atomic E-state index is 0.201. The van der Waals surface area contributed by atoms with Gasteiger partial charge in [-0.3, -0.25) is 9.59 Å². The Morgan fingerprint density at radius 3 is 1.44 bits per heavy atom. The van der Waals surface area contributed by atoms with Crippen molar-refractivity contribution in [1.82, 2.24) is 10.2 Å². The van der Waals surface area contributed by atoms with E-state index < -0.39 is 0 Å².